The molecule has 0 radical (unpaired) electrons. The van der Waals surface area contributed by atoms with Crippen LogP contribution in [0.4, 0.5) is 17.6 Å². The van der Waals surface area contributed by atoms with Crippen molar-refractivity contribution in [1.29, 1.82) is 0 Å². The van der Waals surface area contributed by atoms with Gasteiger partial charge in [0.25, 0.3) is 0 Å². The van der Waals surface area contributed by atoms with Gasteiger partial charge in [0, 0.05) is 0 Å². The van der Waals surface area contributed by atoms with Crippen LogP contribution in [-0.4, -0.2) is 6.36 Å². The number of rotatable bonds is 7. The number of halogens is 4. The lowest BCUT2D eigenvalue weighted by atomic mass is 9.77. The van der Waals surface area contributed by atoms with Gasteiger partial charge in [0.1, 0.15) is 0 Å². The molecular formula is C23H30F4O. The number of alkyl halides is 3. The Bertz CT molecular complexity index is 685. The zero-order valence-electron chi connectivity index (χ0n) is 16.6. The van der Waals surface area contributed by atoms with Gasteiger partial charge < -0.3 is 4.74 Å². The van der Waals surface area contributed by atoms with Gasteiger partial charge in [0.15, 0.2) is 11.6 Å². The van der Waals surface area contributed by atoms with Crippen molar-refractivity contribution in [3.63, 3.8) is 0 Å². The number of benzene rings is 1. The van der Waals surface area contributed by atoms with Crippen molar-refractivity contribution in [2.24, 2.45) is 11.8 Å². The molecule has 0 bridgehead atoms. The average Bonchev–Trinajstić information content (AvgIpc) is 2.65. The first kappa shape index (κ1) is 21.2. The third-order valence-corrected chi connectivity index (χ3v) is 6.30. The van der Waals surface area contributed by atoms with Gasteiger partial charge in [-0.15, -0.1) is 13.2 Å². The van der Waals surface area contributed by atoms with Crippen LogP contribution < -0.4 is 4.74 Å². The van der Waals surface area contributed by atoms with E-state index in [-0.39, 0.29) is 0 Å². The van der Waals surface area contributed by atoms with Crippen LogP contribution >= 0.6 is 0 Å². The molecule has 2 aliphatic carbocycles. The molecule has 3 rings (SSSR count). The smallest absolute Gasteiger partial charge is 0.403 e. The van der Waals surface area contributed by atoms with E-state index in [4.69, 9.17) is 0 Å². The normalized spacial score (nSPS) is 22.5. The largest absolute Gasteiger partial charge is 0.573 e. The molecule has 0 amide bonds. The van der Waals surface area contributed by atoms with Crippen LogP contribution in [0, 0.1) is 17.7 Å². The quantitative estimate of drug-likeness (QED) is 0.425. The van der Waals surface area contributed by atoms with Crippen LogP contribution in [0.25, 0.3) is 6.08 Å². The van der Waals surface area contributed by atoms with Crippen LogP contribution in [0.3, 0.4) is 0 Å². The second kappa shape index (κ2) is 9.32. The summed E-state index contributed by atoms with van der Waals surface area (Å²) in [5, 5.41) is 0. The second-order valence-corrected chi connectivity index (χ2v) is 8.40. The van der Waals surface area contributed by atoms with E-state index in [1.54, 1.807) is 0 Å². The van der Waals surface area contributed by atoms with Crippen molar-refractivity contribution >= 4 is 6.08 Å². The Kier molecular flexibility index (Phi) is 7.05. The summed E-state index contributed by atoms with van der Waals surface area (Å²) in [4.78, 5) is 0. The van der Waals surface area contributed by atoms with Crippen molar-refractivity contribution in [2.75, 3.05) is 0 Å². The van der Waals surface area contributed by atoms with Gasteiger partial charge in [-0.25, -0.2) is 4.39 Å². The van der Waals surface area contributed by atoms with Crippen molar-refractivity contribution in [3.8, 4) is 5.75 Å². The maximum absolute atomic E-state index is 14.0. The zero-order valence-corrected chi connectivity index (χ0v) is 16.6. The summed E-state index contributed by atoms with van der Waals surface area (Å²) >= 11 is 0. The maximum Gasteiger partial charge on any atom is 0.573 e. The van der Waals surface area contributed by atoms with E-state index in [1.807, 2.05) is 6.08 Å². The molecule has 1 aromatic carbocycles. The fourth-order valence-corrected chi connectivity index (χ4v) is 4.64. The fraction of sp³-hybridized carbons (Fsp3) is 0.652. The molecule has 0 saturated heterocycles. The van der Waals surface area contributed by atoms with Crippen LogP contribution in [0.2, 0.25) is 0 Å². The van der Waals surface area contributed by atoms with Crippen LogP contribution in [-0.2, 0) is 6.42 Å². The minimum Gasteiger partial charge on any atom is -0.403 e. The molecule has 1 fully saturated rings. The standard InChI is InChI=1S/C23H30F4O/c1-2-3-4-16-5-7-17(8-6-16)9-10-18-11-12-19-15-22(28-23(25,26)27)21(24)14-20(19)13-18/h13-17H,2-12H2,1H3. The molecule has 1 nitrogen and oxygen atoms in total. The Balaban J connectivity index is 1.54. The van der Waals surface area contributed by atoms with E-state index in [1.165, 1.54) is 69.1 Å². The van der Waals surface area contributed by atoms with Gasteiger partial charge in [0.05, 0.1) is 0 Å². The number of ether oxygens (including phenoxy) is 1. The van der Waals surface area contributed by atoms with Crippen molar-refractivity contribution in [2.45, 2.75) is 83.9 Å². The number of allylic oxidation sites excluding steroid dienone is 1. The van der Waals surface area contributed by atoms with Gasteiger partial charge in [0.2, 0.25) is 0 Å². The lowest BCUT2D eigenvalue weighted by Gasteiger charge is -2.29. The second-order valence-electron chi connectivity index (χ2n) is 8.40. The van der Waals surface area contributed by atoms with Crippen LogP contribution in [0.1, 0.15) is 82.3 Å². The highest BCUT2D eigenvalue weighted by atomic mass is 19.4. The first-order chi connectivity index (χ1) is 13.3. The molecular weight excluding hydrogens is 368 g/mol. The van der Waals surface area contributed by atoms with Gasteiger partial charge in [-0.1, -0.05) is 63.5 Å². The summed E-state index contributed by atoms with van der Waals surface area (Å²) in [6, 6.07) is 2.37. The fourth-order valence-electron chi connectivity index (χ4n) is 4.64. The topological polar surface area (TPSA) is 9.23 Å². The van der Waals surface area contributed by atoms with Crippen LogP contribution in [0.15, 0.2) is 17.7 Å². The molecule has 0 aliphatic heterocycles. The Morgan fingerprint density at radius 1 is 1.00 bits per heavy atom. The number of fused-ring (bicyclic) bond motifs is 1. The number of hydrogen-bond donors (Lipinski definition) is 0. The van der Waals surface area contributed by atoms with Gasteiger partial charge in [-0.3, -0.25) is 0 Å². The Morgan fingerprint density at radius 2 is 1.68 bits per heavy atom. The highest BCUT2D eigenvalue weighted by Crippen LogP contribution is 2.37. The summed E-state index contributed by atoms with van der Waals surface area (Å²) in [5.41, 5.74) is 2.70. The third kappa shape index (κ3) is 5.99. The Morgan fingerprint density at radius 3 is 2.32 bits per heavy atom. The SMILES string of the molecule is CCCCC1CCC(CCC2=Cc3cc(F)c(OC(F)(F)F)cc3CC2)CC1. The molecule has 0 spiro atoms. The molecule has 0 N–H and O–H groups in total. The summed E-state index contributed by atoms with van der Waals surface area (Å²) in [7, 11) is 0. The summed E-state index contributed by atoms with van der Waals surface area (Å²) in [5.74, 6) is -0.00515. The third-order valence-electron chi connectivity index (χ3n) is 6.30. The summed E-state index contributed by atoms with van der Waals surface area (Å²) < 4.78 is 54.9. The molecule has 1 aromatic rings. The van der Waals surface area contributed by atoms with Gasteiger partial charge >= 0.3 is 6.36 Å². The first-order valence-corrected chi connectivity index (χ1v) is 10.6. The number of hydrogen-bond acceptors (Lipinski definition) is 1. The van der Waals surface area contributed by atoms with Gasteiger partial charge in [-0.05, 0) is 60.8 Å². The Labute approximate surface area is 165 Å². The van der Waals surface area contributed by atoms with Crippen molar-refractivity contribution in [3.05, 3.63) is 34.6 Å². The maximum atomic E-state index is 14.0. The van der Waals surface area contributed by atoms with Crippen molar-refractivity contribution in [1.82, 2.24) is 0 Å². The molecule has 0 unspecified atom stereocenters. The first-order valence-electron chi connectivity index (χ1n) is 10.6. The minimum absolute atomic E-state index is 0.638. The molecule has 1 saturated carbocycles. The molecule has 0 aromatic heterocycles. The number of aryl methyl sites for hydroxylation is 1. The van der Waals surface area contributed by atoms with E-state index < -0.39 is 17.9 Å². The molecule has 2 aliphatic rings. The zero-order chi connectivity index (χ0) is 20.1. The molecule has 156 valence electrons. The summed E-state index contributed by atoms with van der Waals surface area (Å²) in [6.45, 7) is 2.25. The predicted molar refractivity (Wildman–Crippen MR) is 104 cm³/mol. The highest BCUT2D eigenvalue weighted by molar-refractivity contribution is 5.61. The molecule has 0 heterocycles. The molecule has 28 heavy (non-hydrogen) atoms. The number of unbranched alkanes of at least 4 members (excludes halogenated alkanes) is 1. The van der Waals surface area contributed by atoms with Crippen molar-refractivity contribution < 1.29 is 22.3 Å². The van der Waals surface area contributed by atoms with E-state index in [2.05, 4.69) is 11.7 Å². The summed E-state index contributed by atoms with van der Waals surface area (Å²) in [6.07, 6.45) is 10.0. The van der Waals surface area contributed by atoms with E-state index in [0.29, 0.717) is 12.0 Å². The average molecular weight is 398 g/mol. The molecule has 0 atom stereocenters. The Hall–Kier alpha value is -1.52. The molecule has 5 heteroatoms. The lowest BCUT2D eigenvalue weighted by Crippen LogP contribution is -2.18. The van der Waals surface area contributed by atoms with E-state index in [9.17, 15) is 17.6 Å². The van der Waals surface area contributed by atoms with E-state index in [0.717, 1.165) is 30.2 Å². The minimum atomic E-state index is -4.87. The highest BCUT2D eigenvalue weighted by Gasteiger charge is 2.33. The predicted octanol–water partition coefficient (Wildman–Crippen LogP) is 7.83. The van der Waals surface area contributed by atoms with Gasteiger partial charge in [-0.2, -0.15) is 0 Å². The monoisotopic (exact) mass is 398 g/mol. The lowest BCUT2D eigenvalue weighted by molar-refractivity contribution is -0.275. The van der Waals surface area contributed by atoms with E-state index >= 15 is 0 Å². The van der Waals surface area contributed by atoms with Crippen LogP contribution in [0.5, 0.6) is 5.75 Å².